The highest BCUT2D eigenvalue weighted by molar-refractivity contribution is 6.31. The molecule has 6 rings (SSSR count). The summed E-state index contributed by atoms with van der Waals surface area (Å²) in [6.45, 7) is 0.491. The summed E-state index contributed by atoms with van der Waals surface area (Å²) in [6.07, 6.45) is -3.80. The minimum absolute atomic E-state index is 0.230. The van der Waals surface area contributed by atoms with Gasteiger partial charge < -0.3 is 28.4 Å². The van der Waals surface area contributed by atoms with Gasteiger partial charge in [-0.1, -0.05) is 71.2 Å². The Morgan fingerprint density at radius 3 is 1.36 bits per heavy atom. The zero-order valence-electron chi connectivity index (χ0n) is 19.0. The normalized spacial score (nSPS) is 32.2. The van der Waals surface area contributed by atoms with Crippen molar-refractivity contribution in [1.29, 1.82) is 0 Å². The predicted molar refractivity (Wildman–Crippen MR) is 134 cm³/mol. The lowest BCUT2D eigenvalue weighted by Crippen LogP contribution is -2.54. The van der Waals surface area contributed by atoms with Gasteiger partial charge in [0.25, 0.3) is 0 Å². The van der Waals surface area contributed by atoms with Crippen LogP contribution in [-0.4, -0.2) is 37.6 Å². The standard InChI is InChI=1S/C27H23Cl3O6/c28-18-7-1-4-15(10-18)25-31-14-22-24(36-27(34-22)17-6-3-9-20(30)12-17)23-21(33-25)13-32-26(35-23)16-5-2-8-19(29)11-16/h1-12,21-27H,13-14H2/t21-,22+,23+,24+,25?,26?,27?/m0/s1. The van der Waals surface area contributed by atoms with Crippen LogP contribution >= 0.6 is 34.8 Å². The number of fused-ring (bicyclic) bond motifs is 3. The van der Waals surface area contributed by atoms with Crippen LogP contribution in [-0.2, 0) is 28.4 Å². The third kappa shape index (κ3) is 5.16. The number of hydrogen-bond acceptors (Lipinski definition) is 6. The SMILES string of the molecule is Clc1cccc(C2OC[C@@H]3OC(c4cccc(Cl)c4)OC[C@H]4OC(c5cccc(Cl)c5)O[C@H]4[C@@H]3O2)c1. The molecule has 3 aromatic rings. The Kier molecular flexibility index (Phi) is 7.23. The maximum absolute atomic E-state index is 6.48. The quantitative estimate of drug-likeness (QED) is 0.364. The lowest BCUT2D eigenvalue weighted by molar-refractivity contribution is -0.324. The highest BCUT2D eigenvalue weighted by Gasteiger charge is 2.50. The molecule has 0 amide bonds. The van der Waals surface area contributed by atoms with Crippen molar-refractivity contribution >= 4 is 34.8 Å². The molecule has 3 fully saturated rings. The van der Waals surface area contributed by atoms with Gasteiger partial charge in [0.2, 0.25) is 0 Å². The van der Waals surface area contributed by atoms with E-state index < -0.39 is 43.3 Å². The van der Waals surface area contributed by atoms with Gasteiger partial charge in [-0.25, -0.2) is 0 Å². The molecule has 0 aromatic heterocycles. The molecule has 3 heterocycles. The Morgan fingerprint density at radius 1 is 0.500 bits per heavy atom. The third-order valence-electron chi connectivity index (χ3n) is 6.40. The van der Waals surface area contributed by atoms with Gasteiger partial charge >= 0.3 is 0 Å². The number of benzene rings is 3. The van der Waals surface area contributed by atoms with Crippen molar-refractivity contribution in [1.82, 2.24) is 0 Å². The molecule has 3 saturated heterocycles. The lowest BCUT2D eigenvalue weighted by Gasteiger charge is -2.42. The molecule has 7 atom stereocenters. The van der Waals surface area contributed by atoms with Crippen molar-refractivity contribution in [2.75, 3.05) is 13.2 Å². The van der Waals surface area contributed by atoms with Crippen LogP contribution in [0.5, 0.6) is 0 Å². The van der Waals surface area contributed by atoms with Crippen LogP contribution in [0.25, 0.3) is 0 Å². The Labute approximate surface area is 223 Å². The van der Waals surface area contributed by atoms with Gasteiger partial charge in [0.1, 0.15) is 24.4 Å². The van der Waals surface area contributed by atoms with E-state index >= 15 is 0 Å². The van der Waals surface area contributed by atoms with Gasteiger partial charge in [0.05, 0.1) is 13.2 Å². The van der Waals surface area contributed by atoms with E-state index in [0.717, 1.165) is 16.7 Å². The monoisotopic (exact) mass is 548 g/mol. The predicted octanol–water partition coefficient (Wildman–Crippen LogP) is 6.66. The Balaban J connectivity index is 1.31. The van der Waals surface area contributed by atoms with E-state index in [4.69, 9.17) is 63.2 Å². The molecule has 0 N–H and O–H groups in total. The van der Waals surface area contributed by atoms with Crippen molar-refractivity contribution in [2.45, 2.75) is 43.3 Å². The molecule has 0 aliphatic carbocycles. The summed E-state index contributed by atoms with van der Waals surface area (Å²) in [7, 11) is 0. The summed E-state index contributed by atoms with van der Waals surface area (Å²) in [4.78, 5) is 0. The van der Waals surface area contributed by atoms with Crippen molar-refractivity contribution < 1.29 is 28.4 Å². The molecule has 3 aliphatic rings. The van der Waals surface area contributed by atoms with Crippen LogP contribution in [0.4, 0.5) is 0 Å². The van der Waals surface area contributed by atoms with E-state index in [9.17, 15) is 0 Å². The molecule has 0 radical (unpaired) electrons. The van der Waals surface area contributed by atoms with E-state index in [2.05, 4.69) is 0 Å². The molecule has 9 heteroatoms. The minimum Gasteiger partial charge on any atom is -0.346 e. The molecule has 0 bridgehead atoms. The number of ether oxygens (including phenoxy) is 6. The summed E-state index contributed by atoms with van der Waals surface area (Å²) in [6, 6.07) is 22.2. The van der Waals surface area contributed by atoms with Gasteiger partial charge in [0.15, 0.2) is 18.9 Å². The number of rotatable bonds is 3. The van der Waals surface area contributed by atoms with E-state index in [-0.39, 0.29) is 13.2 Å². The second-order valence-corrected chi connectivity index (χ2v) is 10.2. The average molecular weight is 550 g/mol. The van der Waals surface area contributed by atoms with Gasteiger partial charge in [-0.3, -0.25) is 0 Å². The van der Waals surface area contributed by atoms with Crippen LogP contribution < -0.4 is 0 Å². The zero-order valence-corrected chi connectivity index (χ0v) is 21.2. The first-order valence-corrected chi connectivity index (χ1v) is 12.8. The largest absolute Gasteiger partial charge is 0.346 e. The van der Waals surface area contributed by atoms with Crippen molar-refractivity contribution in [3.63, 3.8) is 0 Å². The molecular formula is C27H23Cl3O6. The van der Waals surface area contributed by atoms with Crippen molar-refractivity contribution in [3.05, 3.63) is 105 Å². The summed E-state index contributed by atoms with van der Waals surface area (Å²) >= 11 is 18.7. The molecule has 0 saturated carbocycles. The highest BCUT2D eigenvalue weighted by Crippen LogP contribution is 2.42. The first-order valence-electron chi connectivity index (χ1n) is 11.6. The minimum atomic E-state index is -0.680. The molecule has 3 aliphatic heterocycles. The summed E-state index contributed by atoms with van der Waals surface area (Å²) in [5.41, 5.74) is 2.42. The molecule has 6 nitrogen and oxygen atoms in total. The molecule has 36 heavy (non-hydrogen) atoms. The smallest absolute Gasteiger partial charge is 0.185 e. The van der Waals surface area contributed by atoms with Gasteiger partial charge in [-0.15, -0.1) is 0 Å². The topological polar surface area (TPSA) is 55.4 Å². The van der Waals surface area contributed by atoms with E-state index in [1.54, 1.807) is 6.07 Å². The van der Waals surface area contributed by atoms with Crippen molar-refractivity contribution in [3.8, 4) is 0 Å². The molecular weight excluding hydrogens is 527 g/mol. The van der Waals surface area contributed by atoms with Crippen LogP contribution in [0.15, 0.2) is 72.8 Å². The van der Waals surface area contributed by atoms with E-state index in [0.29, 0.717) is 15.1 Å². The maximum atomic E-state index is 6.48. The average Bonchev–Trinajstić information content (AvgIpc) is 3.29. The van der Waals surface area contributed by atoms with Crippen LogP contribution in [0.2, 0.25) is 15.1 Å². The molecule has 0 spiro atoms. The van der Waals surface area contributed by atoms with E-state index in [1.807, 2.05) is 66.7 Å². The first-order chi connectivity index (χ1) is 17.5. The lowest BCUT2D eigenvalue weighted by atomic mass is 10.0. The Bertz CT molecular complexity index is 1180. The van der Waals surface area contributed by atoms with Gasteiger partial charge in [-0.2, -0.15) is 0 Å². The second-order valence-electron chi connectivity index (χ2n) is 8.88. The highest BCUT2D eigenvalue weighted by atomic mass is 35.5. The number of halogens is 3. The van der Waals surface area contributed by atoms with Crippen LogP contribution in [0, 0.1) is 0 Å². The fourth-order valence-electron chi connectivity index (χ4n) is 4.72. The molecule has 3 aromatic carbocycles. The first kappa shape index (κ1) is 24.6. The van der Waals surface area contributed by atoms with Crippen molar-refractivity contribution in [2.24, 2.45) is 0 Å². The van der Waals surface area contributed by atoms with Gasteiger partial charge in [-0.05, 0) is 36.4 Å². The van der Waals surface area contributed by atoms with Crippen LogP contribution in [0.1, 0.15) is 35.6 Å². The summed E-state index contributed by atoms with van der Waals surface area (Å²) < 4.78 is 37.9. The summed E-state index contributed by atoms with van der Waals surface area (Å²) in [5, 5.41) is 1.80. The third-order valence-corrected chi connectivity index (χ3v) is 7.11. The van der Waals surface area contributed by atoms with E-state index in [1.165, 1.54) is 0 Å². The van der Waals surface area contributed by atoms with Gasteiger partial charge in [0, 0.05) is 31.8 Å². The second kappa shape index (κ2) is 10.6. The zero-order chi connectivity index (χ0) is 24.6. The fraction of sp³-hybridized carbons (Fsp3) is 0.333. The molecule has 188 valence electrons. The fourth-order valence-corrected chi connectivity index (χ4v) is 5.32. The Morgan fingerprint density at radius 2 is 0.889 bits per heavy atom. The van der Waals surface area contributed by atoms with Crippen LogP contribution in [0.3, 0.4) is 0 Å². The number of hydrogen-bond donors (Lipinski definition) is 0. The Hall–Kier alpha value is -1.71. The summed E-state index contributed by atoms with van der Waals surface area (Å²) in [5.74, 6) is 0. The maximum Gasteiger partial charge on any atom is 0.185 e. The molecule has 3 unspecified atom stereocenters.